The first-order chi connectivity index (χ1) is 17.1. The monoisotopic (exact) mass is 494 g/mol. The Morgan fingerprint density at radius 1 is 0.829 bits per heavy atom. The minimum atomic E-state index is -0.168. The standard InChI is InChI=1S/C27H30N2O5S/c1-30-22-10-6-5-9-20(22)28-27(35)29-14-13-18-15-25(32-3)26(33-4)16-19(18)21(29)17-34-24-12-8-7-11-23(24)31-2/h5-12,15-16,21H,13-14,17H2,1-4H3,(H,28,35). The summed E-state index contributed by atoms with van der Waals surface area (Å²) in [6.07, 6.45) is 0.800. The van der Waals surface area contributed by atoms with Crippen LogP contribution in [0.2, 0.25) is 0 Å². The molecule has 0 fully saturated rings. The smallest absolute Gasteiger partial charge is 0.174 e. The lowest BCUT2D eigenvalue weighted by atomic mass is 9.92. The van der Waals surface area contributed by atoms with Gasteiger partial charge in [0.25, 0.3) is 0 Å². The molecule has 0 aromatic heterocycles. The van der Waals surface area contributed by atoms with Gasteiger partial charge in [-0.1, -0.05) is 24.3 Å². The molecule has 4 rings (SSSR count). The highest BCUT2D eigenvalue weighted by Crippen LogP contribution is 2.39. The number of hydrogen-bond acceptors (Lipinski definition) is 6. The molecule has 35 heavy (non-hydrogen) atoms. The lowest BCUT2D eigenvalue weighted by molar-refractivity contribution is 0.185. The third-order valence-electron chi connectivity index (χ3n) is 6.08. The van der Waals surface area contributed by atoms with E-state index in [2.05, 4.69) is 10.2 Å². The number of methoxy groups -OCH3 is 4. The number of nitrogens with zero attached hydrogens (tertiary/aromatic N) is 1. The molecule has 0 spiro atoms. The second kappa shape index (κ2) is 11.2. The van der Waals surface area contributed by atoms with Crippen LogP contribution in [-0.4, -0.2) is 51.6 Å². The Bertz CT molecular complexity index is 1190. The molecule has 3 aromatic carbocycles. The summed E-state index contributed by atoms with van der Waals surface area (Å²) in [4.78, 5) is 2.14. The number of rotatable bonds is 8. The number of nitrogens with one attached hydrogen (secondary N) is 1. The van der Waals surface area contributed by atoms with Crippen molar-refractivity contribution in [3.05, 3.63) is 71.8 Å². The molecule has 1 aliphatic heterocycles. The fourth-order valence-corrected chi connectivity index (χ4v) is 4.62. The van der Waals surface area contributed by atoms with Crippen molar-refractivity contribution in [1.82, 2.24) is 4.90 Å². The number of hydrogen-bond donors (Lipinski definition) is 1. The highest BCUT2D eigenvalue weighted by molar-refractivity contribution is 7.80. The summed E-state index contributed by atoms with van der Waals surface area (Å²) in [5, 5.41) is 3.95. The van der Waals surface area contributed by atoms with Crippen molar-refractivity contribution in [2.45, 2.75) is 12.5 Å². The van der Waals surface area contributed by atoms with Crippen LogP contribution >= 0.6 is 12.2 Å². The SMILES string of the molecule is COc1ccccc1NC(=S)N1CCc2cc(OC)c(OC)cc2C1COc1ccccc1OC. The molecular formula is C27H30N2O5S. The van der Waals surface area contributed by atoms with E-state index in [0.29, 0.717) is 41.3 Å². The van der Waals surface area contributed by atoms with Gasteiger partial charge in [0.15, 0.2) is 28.1 Å². The zero-order valence-electron chi connectivity index (χ0n) is 20.4. The van der Waals surface area contributed by atoms with Crippen molar-refractivity contribution in [2.75, 3.05) is 46.9 Å². The van der Waals surface area contributed by atoms with E-state index >= 15 is 0 Å². The third-order valence-corrected chi connectivity index (χ3v) is 6.41. The molecule has 1 heterocycles. The van der Waals surface area contributed by atoms with Crippen molar-refractivity contribution >= 4 is 23.0 Å². The lowest BCUT2D eigenvalue weighted by Gasteiger charge is -2.39. The molecule has 1 atom stereocenters. The van der Waals surface area contributed by atoms with Gasteiger partial charge in [-0.3, -0.25) is 0 Å². The van der Waals surface area contributed by atoms with Crippen molar-refractivity contribution < 1.29 is 23.7 Å². The largest absolute Gasteiger partial charge is 0.495 e. The summed E-state index contributed by atoms with van der Waals surface area (Å²) < 4.78 is 28.4. The molecular weight excluding hydrogens is 464 g/mol. The summed E-state index contributed by atoms with van der Waals surface area (Å²) in [6, 6.07) is 19.2. The van der Waals surface area contributed by atoms with Crippen LogP contribution < -0.4 is 29.0 Å². The summed E-state index contributed by atoms with van der Waals surface area (Å²) in [5.74, 6) is 3.45. The highest BCUT2D eigenvalue weighted by atomic mass is 32.1. The summed E-state index contributed by atoms with van der Waals surface area (Å²) in [7, 11) is 6.56. The van der Waals surface area contributed by atoms with E-state index in [1.54, 1.807) is 28.4 Å². The molecule has 1 N–H and O–H groups in total. The van der Waals surface area contributed by atoms with Gasteiger partial charge in [0.2, 0.25) is 0 Å². The van der Waals surface area contributed by atoms with E-state index in [1.807, 2.05) is 60.7 Å². The average molecular weight is 495 g/mol. The van der Waals surface area contributed by atoms with Gasteiger partial charge in [-0.25, -0.2) is 0 Å². The van der Waals surface area contributed by atoms with Gasteiger partial charge in [-0.15, -0.1) is 0 Å². The minimum absolute atomic E-state index is 0.168. The van der Waals surface area contributed by atoms with E-state index in [1.165, 1.54) is 5.56 Å². The van der Waals surface area contributed by atoms with Crippen molar-refractivity contribution in [2.24, 2.45) is 0 Å². The Balaban J connectivity index is 1.67. The second-order valence-electron chi connectivity index (χ2n) is 7.96. The van der Waals surface area contributed by atoms with Crippen LogP contribution in [0.25, 0.3) is 0 Å². The number of ether oxygens (including phenoxy) is 5. The normalized spacial score (nSPS) is 14.5. The lowest BCUT2D eigenvalue weighted by Crippen LogP contribution is -2.44. The quantitative estimate of drug-likeness (QED) is 0.434. The maximum absolute atomic E-state index is 6.28. The molecule has 7 nitrogen and oxygen atoms in total. The summed E-state index contributed by atoms with van der Waals surface area (Å²) in [5.41, 5.74) is 3.06. The average Bonchev–Trinajstić information content (AvgIpc) is 2.91. The first kappa shape index (κ1) is 24.5. The van der Waals surface area contributed by atoms with Crippen LogP contribution in [0.1, 0.15) is 17.2 Å². The predicted octanol–water partition coefficient (Wildman–Crippen LogP) is 5.10. The number of benzene rings is 3. The molecule has 1 aliphatic rings. The Morgan fingerprint density at radius 2 is 1.43 bits per heavy atom. The van der Waals surface area contributed by atoms with E-state index < -0.39 is 0 Å². The molecule has 0 aliphatic carbocycles. The molecule has 0 saturated heterocycles. The van der Waals surface area contributed by atoms with Crippen molar-refractivity contribution in [1.29, 1.82) is 0 Å². The minimum Gasteiger partial charge on any atom is -0.495 e. The topological polar surface area (TPSA) is 61.4 Å². The zero-order valence-corrected chi connectivity index (χ0v) is 21.2. The Morgan fingerprint density at radius 3 is 2.11 bits per heavy atom. The first-order valence-electron chi connectivity index (χ1n) is 11.3. The fourth-order valence-electron chi connectivity index (χ4n) is 4.29. The maximum atomic E-state index is 6.28. The van der Waals surface area contributed by atoms with Crippen LogP contribution in [0, 0.1) is 0 Å². The predicted molar refractivity (Wildman–Crippen MR) is 140 cm³/mol. The van der Waals surface area contributed by atoms with Gasteiger partial charge in [0, 0.05) is 6.54 Å². The molecule has 0 amide bonds. The van der Waals surface area contributed by atoms with Gasteiger partial charge < -0.3 is 33.9 Å². The number of anilines is 1. The van der Waals surface area contributed by atoms with Gasteiger partial charge in [0.1, 0.15) is 12.4 Å². The second-order valence-corrected chi connectivity index (χ2v) is 8.34. The Kier molecular flexibility index (Phi) is 7.82. The van der Waals surface area contributed by atoms with Crippen LogP contribution in [0.3, 0.4) is 0 Å². The number of fused-ring (bicyclic) bond motifs is 1. The molecule has 0 bridgehead atoms. The van der Waals surface area contributed by atoms with Gasteiger partial charge in [-0.2, -0.15) is 0 Å². The van der Waals surface area contributed by atoms with E-state index in [-0.39, 0.29) is 6.04 Å². The molecule has 3 aromatic rings. The van der Waals surface area contributed by atoms with Crippen LogP contribution in [-0.2, 0) is 6.42 Å². The number of thiocarbonyl (C=S) groups is 1. The fraction of sp³-hybridized carbons (Fsp3) is 0.296. The Labute approximate surface area is 211 Å². The van der Waals surface area contributed by atoms with Gasteiger partial charge >= 0.3 is 0 Å². The zero-order chi connectivity index (χ0) is 24.8. The van der Waals surface area contributed by atoms with Crippen molar-refractivity contribution in [3.63, 3.8) is 0 Å². The summed E-state index contributed by atoms with van der Waals surface area (Å²) in [6.45, 7) is 1.07. The molecule has 8 heteroatoms. The van der Waals surface area contributed by atoms with Crippen LogP contribution in [0.5, 0.6) is 28.7 Å². The van der Waals surface area contributed by atoms with E-state index in [0.717, 1.165) is 23.4 Å². The molecule has 1 unspecified atom stereocenters. The first-order valence-corrected chi connectivity index (χ1v) is 11.7. The van der Waals surface area contributed by atoms with E-state index in [9.17, 15) is 0 Å². The third kappa shape index (κ3) is 5.22. The maximum Gasteiger partial charge on any atom is 0.174 e. The molecule has 0 radical (unpaired) electrons. The highest BCUT2D eigenvalue weighted by Gasteiger charge is 2.32. The van der Waals surface area contributed by atoms with Crippen LogP contribution in [0.15, 0.2) is 60.7 Å². The molecule has 0 saturated carbocycles. The van der Waals surface area contributed by atoms with Gasteiger partial charge in [-0.05, 0) is 66.2 Å². The molecule has 184 valence electrons. The van der Waals surface area contributed by atoms with Crippen LogP contribution in [0.4, 0.5) is 5.69 Å². The van der Waals surface area contributed by atoms with Gasteiger partial charge in [0.05, 0.1) is 40.2 Å². The van der Waals surface area contributed by atoms with E-state index in [4.69, 9.17) is 35.9 Å². The summed E-state index contributed by atoms with van der Waals surface area (Å²) >= 11 is 5.88. The Hall–Kier alpha value is -3.65. The number of para-hydroxylation sites is 4. The van der Waals surface area contributed by atoms with Crippen molar-refractivity contribution in [3.8, 4) is 28.7 Å².